The molecule has 1 aromatic heterocycles. The number of rotatable bonds is 2. The fraction of sp³-hybridized carbons (Fsp3) is 0.364. The highest BCUT2D eigenvalue weighted by molar-refractivity contribution is 5.99. The second-order valence-corrected chi connectivity index (χ2v) is 7.76. The van der Waals surface area contributed by atoms with Gasteiger partial charge in [-0.15, -0.1) is 0 Å². The molecular formula is C22H25N5O. The normalized spacial score (nSPS) is 20.1. The molecular weight excluding hydrogens is 350 g/mol. The standard InChI is InChI=1S/C22H25N5O/c28-22(24-20-7-3-6-18-15-23-25-21(18)20)27-12-10-26(11-13-27)19-9-8-16-4-1-2-5-17(16)14-19/h1-7,15,19H,8-14H2,(H,23,25)(H,24,28). The van der Waals surface area contributed by atoms with E-state index in [4.69, 9.17) is 0 Å². The number of nitrogens with one attached hydrogen (secondary N) is 2. The van der Waals surface area contributed by atoms with Gasteiger partial charge < -0.3 is 10.2 Å². The van der Waals surface area contributed by atoms with E-state index in [1.807, 2.05) is 23.1 Å². The number of hydrogen-bond donors (Lipinski definition) is 2. The summed E-state index contributed by atoms with van der Waals surface area (Å²) in [6.45, 7) is 3.41. The van der Waals surface area contributed by atoms with Crippen molar-refractivity contribution in [2.24, 2.45) is 0 Å². The topological polar surface area (TPSA) is 64.3 Å². The highest BCUT2D eigenvalue weighted by Gasteiger charge is 2.28. The van der Waals surface area contributed by atoms with Crippen LogP contribution >= 0.6 is 0 Å². The number of para-hydroxylation sites is 1. The van der Waals surface area contributed by atoms with Gasteiger partial charge in [0.15, 0.2) is 0 Å². The number of fused-ring (bicyclic) bond motifs is 2. The lowest BCUT2D eigenvalue weighted by molar-refractivity contribution is 0.106. The molecule has 1 saturated heterocycles. The van der Waals surface area contributed by atoms with Crippen molar-refractivity contribution >= 4 is 22.6 Å². The molecule has 28 heavy (non-hydrogen) atoms. The number of aromatic nitrogens is 2. The number of nitrogens with zero attached hydrogens (tertiary/aromatic N) is 3. The molecule has 144 valence electrons. The molecule has 0 saturated carbocycles. The smallest absolute Gasteiger partial charge is 0.321 e. The van der Waals surface area contributed by atoms with E-state index in [-0.39, 0.29) is 6.03 Å². The first-order valence-corrected chi connectivity index (χ1v) is 10.1. The number of anilines is 1. The second kappa shape index (κ2) is 7.28. The maximum absolute atomic E-state index is 12.7. The first kappa shape index (κ1) is 17.3. The van der Waals surface area contributed by atoms with Gasteiger partial charge in [0.2, 0.25) is 0 Å². The Labute approximate surface area is 164 Å². The monoisotopic (exact) mass is 375 g/mol. The number of benzene rings is 2. The third-order valence-electron chi connectivity index (χ3n) is 6.16. The zero-order valence-corrected chi connectivity index (χ0v) is 15.9. The lowest BCUT2D eigenvalue weighted by Crippen LogP contribution is -2.53. The highest BCUT2D eigenvalue weighted by atomic mass is 16.2. The fourth-order valence-corrected chi connectivity index (χ4v) is 4.55. The molecule has 2 aromatic carbocycles. The van der Waals surface area contributed by atoms with Crippen molar-refractivity contribution in [1.29, 1.82) is 0 Å². The van der Waals surface area contributed by atoms with Crippen molar-refractivity contribution in [3.63, 3.8) is 0 Å². The van der Waals surface area contributed by atoms with E-state index >= 15 is 0 Å². The molecule has 1 fully saturated rings. The first-order chi connectivity index (χ1) is 13.8. The van der Waals surface area contributed by atoms with Crippen molar-refractivity contribution in [2.75, 3.05) is 31.5 Å². The minimum absolute atomic E-state index is 0.0317. The number of H-pyrrole nitrogens is 1. The van der Waals surface area contributed by atoms with Crippen molar-refractivity contribution in [3.05, 3.63) is 59.8 Å². The molecule has 0 radical (unpaired) electrons. The van der Waals surface area contributed by atoms with E-state index < -0.39 is 0 Å². The largest absolute Gasteiger partial charge is 0.322 e. The Hall–Kier alpha value is -2.86. The Morgan fingerprint density at radius 1 is 1.04 bits per heavy atom. The van der Waals surface area contributed by atoms with Gasteiger partial charge in [-0.05, 0) is 36.5 Å². The van der Waals surface area contributed by atoms with Gasteiger partial charge in [-0.2, -0.15) is 5.10 Å². The average Bonchev–Trinajstić information content (AvgIpc) is 3.23. The van der Waals surface area contributed by atoms with Gasteiger partial charge >= 0.3 is 6.03 Å². The van der Waals surface area contributed by atoms with Gasteiger partial charge in [0.1, 0.15) is 0 Å². The van der Waals surface area contributed by atoms with E-state index in [0.29, 0.717) is 6.04 Å². The third-order valence-corrected chi connectivity index (χ3v) is 6.16. The molecule has 1 aliphatic heterocycles. The van der Waals surface area contributed by atoms with Crippen LogP contribution in [0.2, 0.25) is 0 Å². The Kier molecular flexibility index (Phi) is 4.49. The molecule has 0 spiro atoms. The summed E-state index contributed by atoms with van der Waals surface area (Å²) in [7, 11) is 0. The first-order valence-electron chi connectivity index (χ1n) is 10.1. The number of hydrogen-bond acceptors (Lipinski definition) is 3. The van der Waals surface area contributed by atoms with Crippen molar-refractivity contribution in [1.82, 2.24) is 20.0 Å². The Morgan fingerprint density at radius 2 is 1.86 bits per heavy atom. The predicted molar refractivity (Wildman–Crippen MR) is 111 cm³/mol. The van der Waals surface area contributed by atoms with Crippen molar-refractivity contribution in [3.8, 4) is 0 Å². The van der Waals surface area contributed by atoms with E-state index in [1.54, 1.807) is 6.20 Å². The number of urea groups is 1. The van der Waals surface area contributed by atoms with Crippen LogP contribution in [0.25, 0.3) is 10.9 Å². The minimum Gasteiger partial charge on any atom is -0.322 e. The number of piperazine rings is 1. The Morgan fingerprint density at radius 3 is 2.71 bits per heavy atom. The molecule has 2 N–H and O–H groups in total. The van der Waals surface area contributed by atoms with Gasteiger partial charge in [-0.1, -0.05) is 36.4 Å². The van der Waals surface area contributed by atoms with Crippen LogP contribution in [0.4, 0.5) is 10.5 Å². The van der Waals surface area contributed by atoms with Gasteiger partial charge in [0.05, 0.1) is 17.4 Å². The summed E-state index contributed by atoms with van der Waals surface area (Å²) in [6.07, 6.45) is 5.27. The Bertz CT molecular complexity index is 989. The average molecular weight is 375 g/mol. The van der Waals surface area contributed by atoms with Crippen molar-refractivity contribution < 1.29 is 4.79 Å². The zero-order chi connectivity index (χ0) is 18.9. The van der Waals surface area contributed by atoms with Crippen LogP contribution in [0.3, 0.4) is 0 Å². The van der Waals surface area contributed by atoms with Crippen LogP contribution in [-0.2, 0) is 12.8 Å². The molecule has 2 aliphatic rings. The van der Waals surface area contributed by atoms with Crippen LogP contribution in [0.5, 0.6) is 0 Å². The molecule has 2 amide bonds. The molecule has 1 unspecified atom stereocenters. The Balaban J connectivity index is 1.19. The van der Waals surface area contributed by atoms with Crippen LogP contribution in [0.1, 0.15) is 17.5 Å². The van der Waals surface area contributed by atoms with Crippen LogP contribution in [0, 0.1) is 0 Å². The SMILES string of the molecule is O=C(Nc1cccc2cn[nH]c12)N1CCN(C2CCc3ccccc3C2)CC1. The van der Waals surface area contributed by atoms with E-state index in [9.17, 15) is 4.79 Å². The molecule has 6 nitrogen and oxygen atoms in total. The van der Waals surface area contributed by atoms with E-state index in [2.05, 4.69) is 44.7 Å². The molecule has 1 atom stereocenters. The number of carbonyl (C=O) groups is 1. The molecule has 1 aliphatic carbocycles. The summed E-state index contributed by atoms with van der Waals surface area (Å²) < 4.78 is 0. The summed E-state index contributed by atoms with van der Waals surface area (Å²) in [5.74, 6) is 0. The van der Waals surface area contributed by atoms with Gasteiger partial charge in [0.25, 0.3) is 0 Å². The van der Waals surface area contributed by atoms with Crippen molar-refractivity contribution in [2.45, 2.75) is 25.3 Å². The highest BCUT2D eigenvalue weighted by Crippen LogP contribution is 2.25. The molecule has 2 heterocycles. The lowest BCUT2D eigenvalue weighted by Gasteiger charge is -2.41. The molecule has 6 heteroatoms. The third kappa shape index (κ3) is 3.24. The summed E-state index contributed by atoms with van der Waals surface area (Å²) in [5.41, 5.74) is 4.65. The maximum Gasteiger partial charge on any atom is 0.321 e. The van der Waals surface area contributed by atoms with Crippen LogP contribution in [-0.4, -0.2) is 58.2 Å². The van der Waals surface area contributed by atoms with Gasteiger partial charge in [-0.3, -0.25) is 10.00 Å². The maximum atomic E-state index is 12.7. The van der Waals surface area contributed by atoms with Gasteiger partial charge in [-0.25, -0.2) is 4.79 Å². The van der Waals surface area contributed by atoms with E-state index in [1.165, 1.54) is 17.5 Å². The van der Waals surface area contributed by atoms with Crippen LogP contribution in [0.15, 0.2) is 48.7 Å². The number of carbonyl (C=O) groups excluding carboxylic acids is 1. The lowest BCUT2D eigenvalue weighted by atomic mass is 9.87. The van der Waals surface area contributed by atoms with Gasteiger partial charge in [0, 0.05) is 37.6 Å². The zero-order valence-electron chi connectivity index (χ0n) is 15.9. The summed E-state index contributed by atoms with van der Waals surface area (Å²) >= 11 is 0. The number of aryl methyl sites for hydroxylation is 1. The molecule has 0 bridgehead atoms. The summed E-state index contributed by atoms with van der Waals surface area (Å²) in [6, 6.07) is 15.2. The summed E-state index contributed by atoms with van der Waals surface area (Å²) in [4.78, 5) is 17.2. The summed E-state index contributed by atoms with van der Waals surface area (Å²) in [5, 5.41) is 11.1. The quantitative estimate of drug-likeness (QED) is 0.723. The second-order valence-electron chi connectivity index (χ2n) is 7.76. The minimum atomic E-state index is -0.0317. The molecule has 5 rings (SSSR count). The molecule has 3 aromatic rings. The predicted octanol–water partition coefficient (Wildman–Crippen LogP) is 3.27. The van der Waals surface area contributed by atoms with Crippen LogP contribution < -0.4 is 5.32 Å². The van der Waals surface area contributed by atoms with E-state index in [0.717, 1.165) is 55.6 Å². The number of aromatic amines is 1. The fourth-order valence-electron chi connectivity index (χ4n) is 4.55. The number of amides is 2.